The maximum absolute atomic E-state index is 12.4. The lowest BCUT2D eigenvalue weighted by molar-refractivity contribution is -0.274. The number of alkyl halides is 3. The number of benzene rings is 1. The number of hydrogen-bond acceptors (Lipinski definition) is 4. The Morgan fingerprint density at radius 3 is 2.50 bits per heavy atom. The Hall–Kier alpha value is -2.84. The number of nitrogens with zero attached hydrogens (tertiary/aromatic N) is 1. The van der Waals surface area contributed by atoms with E-state index < -0.39 is 17.8 Å². The number of nitrogens with one attached hydrogen (secondary N) is 2. The minimum Gasteiger partial charge on any atom is -0.406 e. The van der Waals surface area contributed by atoms with Crippen LogP contribution in [0.3, 0.4) is 0 Å². The normalized spacial score (nSPS) is 15.4. The molecule has 1 aliphatic rings. The van der Waals surface area contributed by atoms with Crippen molar-refractivity contribution >= 4 is 5.91 Å². The molecule has 1 heterocycles. The van der Waals surface area contributed by atoms with E-state index in [0.717, 1.165) is 18.9 Å². The fraction of sp³-hybridized carbons (Fsp3) is 0.353. The number of H-pyrrole nitrogens is 1. The summed E-state index contributed by atoms with van der Waals surface area (Å²) < 4.78 is 40.6. The van der Waals surface area contributed by atoms with Crippen LogP contribution in [0.5, 0.6) is 5.75 Å². The van der Waals surface area contributed by atoms with Gasteiger partial charge in [-0.15, -0.1) is 13.2 Å². The summed E-state index contributed by atoms with van der Waals surface area (Å²) in [4.78, 5) is 30.4. The monoisotopic (exact) mass is 367 g/mol. The largest absolute Gasteiger partial charge is 0.573 e. The van der Waals surface area contributed by atoms with Gasteiger partial charge in [-0.25, -0.2) is 4.98 Å². The van der Waals surface area contributed by atoms with Crippen LogP contribution in [0, 0.1) is 12.8 Å². The second-order valence-corrected chi connectivity index (χ2v) is 6.12. The van der Waals surface area contributed by atoms with Crippen LogP contribution in [0.2, 0.25) is 0 Å². The average Bonchev–Trinajstić information content (AvgIpc) is 3.35. The van der Waals surface area contributed by atoms with E-state index in [9.17, 15) is 22.8 Å². The van der Waals surface area contributed by atoms with E-state index in [1.165, 1.54) is 24.3 Å². The van der Waals surface area contributed by atoms with E-state index in [1.807, 2.05) is 0 Å². The molecule has 0 unspecified atom stereocenters. The van der Waals surface area contributed by atoms with Crippen LogP contribution in [0.1, 0.15) is 40.8 Å². The molecule has 0 radical (unpaired) electrons. The van der Waals surface area contributed by atoms with Crippen molar-refractivity contribution in [3.63, 3.8) is 0 Å². The molecule has 0 saturated heterocycles. The van der Waals surface area contributed by atoms with Crippen LogP contribution in [0.15, 0.2) is 35.1 Å². The molecule has 1 saturated carbocycles. The molecular formula is C17H16F3N3O3. The SMILES string of the molecule is Cc1nc(C(=O)N[C@@H](c2ccc(OC(F)(F)F)cc2)C2CC2)cc(=O)[nH]1. The van der Waals surface area contributed by atoms with Crippen molar-refractivity contribution in [3.05, 3.63) is 57.8 Å². The number of halogens is 3. The minimum atomic E-state index is -4.75. The summed E-state index contributed by atoms with van der Waals surface area (Å²) in [5.74, 6) is -0.323. The molecule has 1 aromatic heterocycles. The molecule has 6 nitrogen and oxygen atoms in total. The summed E-state index contributed by atoms with van der Waals surface area (Å²) in [5, 5.41) is 2.82. The Bertz CT molecular complexity index is 858. The number of aromatic nitrogens is 2. The first-order valence-corrected chi connectivity index (χ1v) is 7.96. The Morgan fingerprint density at radius 1 is 1.31 bits per heavy atom. The molecule has 1 atom stereocenters. The van der Waals surface area contributed by atoms with Crippen molar-refractivity contribution in [2.45, 2.75) is 32.2 Å². The zero-order chi connectivity index (χ0) is 18.9. The highest BCUT2D eigenvalue weighted by molar-refractivity contribution is 5.92. The standard InChI is InChI=1S/C17H16F3N3O3/c1-9-21-13(8-14(24)22-9)16(25)23-15(10-2-3-10)11-4-6-12(7-5-11)26-17(18,19)20/h4-8,10,15H,2-3H2,1H3,(H,23,25)(H,21,22,24)/t15-/m1/s1. The quantitative estimate of drug-likeness (QED) is 0.851. The van der Waals surface area contributed by atoms with Crippen molar-refractivity contribution in [1.82, 2.24) is 15.3 Å². The first-order valence-electron chi connectivity index (χ1n) is 7.96. The molecule has 138 valence electrons. The highest BCUT2D eigenvalue weighted by atomic mass is 19.4. The minimum absolute atomic E-state index is 0.00563. The first kappa shape index (κ1) is 18.0. The van der Waals surface area contributed by atoms with E-state index in [4.69, 9.17) is 0 Å². The molecule has 9 heteroatoms. The topological polar surface area (TPSA) is 84.1 Å². The number of ether oxygens (including phenoxy) is 1. The fourth-order valence-corrected chi connectivity index (χ4v) is 2.69. The summed E-state index contributed by atoms with van der Waals surface area (Å²) in [6, 6.07) is 6.12. The van der Waals surface area contributed by atoms with Crippen LogP contribution in [-0.2, 0) is 0 Å². The Balaban J connectivity index is 1.77. The molecular weight excluding hydrogens is 351 g/mol. The Labute approximate surface area is 146 Å². The van der Waals surface area contributed by atoms with Gasteiger partial charge in [-0.3, -0.25) is 9.59 Å². The van der Waals surface area contributed by atoms with Crippen LogP contribution in [0.4, 0.5) is 13.2 Å². The van der Waals surface area contributed by atoms with E-state index in [-0.39, 0.29) is 23.4 Å². The summed E-state index contributed by atoms with van der Waals surface area (Å²) >= 11 is 0. The lowest BCUT2D eigenvalue weighted by atomic mass is 10.0. The zero-order valence-electron chi connectivity index (χ0n) is 13.8. The van der Waals surface area contributed by atoms with Crippen molar-refractivity contribution < 1.29 is 22.7 Å². The van der Waals surface area contributed by atoms with Gasteiger partial charge >= 0.3 is 6.36 Å². The number of carbonyl (C=O) groups excluding carboxylic acids is 1. The third kappa shape index (κ3) is 4.62. The van der Waals surface area contributed by atoms with Crippen molar-refractivity contribution in [2.75, 3.05) is 0 Å². The second kappa shape index (κ2) is 6.81. The Morgan fingerprint density at radius 2 is 1.96 bits per heavy atom. The maximum Gasteiger partial charge on any atom is 0.573 e. The molecule has 26 heavy (non-hydrogen) atoms. The molecule has 3 rings (SSSR count). The third-order valence-electron chi connectivity index (χ3n) is 3.95. The van der Waals surface area contributed by atoms with Crippen molar-refractivity contribution in [2.24, 2.45) is 5.92 Å². The smallest absolute Gasteiger partial charge is 0.406 e. The highest BCUT2D eigenvalue weighted by Gasteiger charge is 2.34. The van der Waals surface area contributed by atoms with Crippen LogP contribution in [-0.4, -0.2) is 22.2 Å². The van der Waals surface area contributed by atoms with E-state index in [0.29, 0.717) is 11.4 Å². The number of hydrogen-bond donors (Lipinski definition) is 2. The number of aromatic amines is 1. The molecule has 1 aliphatic carbocycles. The number of amides is 1. The summed E-state index contributed by atoms with van der Waals surface area (Å²) in [6.07, 6.45) is -2.96. The highest BCUT2D eigenvalue weighted by Crippen LogP contribution is 2.41. The van der Waals surface area contributed by atoms with E-state index >= 15 is 0 Å². The first-order chi connectivity index (χ1) is 12.2. The zero-order valence-corrected chi connectivity index (χ0v) is 13.8. The van der Waals surface area contributed by atoms with Gasteiger partial charge in [-0.2, -0.15) is 0 Å². The van der Waals surface area contributed by atoms with Crippen molar-refractivity contribution in [3.8, 4) is 5.75 Å². The van der Waals surface area contributed by atoms with Gasteiger partial charge in [0, 0.05) is 6.07 Å². The van der Waals surface area contributed by atoms with Gasteiger partial charge in [-0.1, -0.05) is 12.1 Å². The molecule has 1 amide bonds. The van der Waals surface area contributed by atoms with E-state index in [2.05, 4.69) is 20.0 Å². The number of carbonyl (C=O) groups is 1. The predicted molar refractivity (Wildman–Crippen MR) is 85.7 cm³/mol. The van der Waals surface area contributed by atoms with Crippen molar-refractivity contribution in [1.29, 1.82) is 0 Å². The summed E-state index contributed by atoms with van der Waals surface area (Å²) in [7, 11) is 0. The number of aryl methyl sites for hydroxylation is 1. The van der Waals surface area contributed by atoms with Crippen LogP contribution < -0.4 is 15.6 Å². The van der Waals surface area contributed by atoms with Gasteiger partial charge in [0.25, 0.3) is 11.5 Å². The Kier molecular flexibility index (Phi) is 4.71. The van der Waals surface area contributed by atoms with E-state index in [1.54, 1.807) is 6.92 Å². The molecule has 1 fully saturated rings. The predicted octanol–water partition coefficient (Wildman–Crippen LogP) is 2.86. The molecule has 2 aromatic rings. The maximum atomic E-state index is 12.4. The molecule has 1 aromatic carbocycles. The van der Waals surface area contributed by atoms with Crippen LogP contribution in [0.25, 0.3) is 0 Å². The molecule has 0 aliphatic heterocycles. The summed E-state index contributed by atoms with van der Waals surface area (Å²) in [6.45, 7) is 1.57. The molecule has 0 bridgehead atoms. The third-order valence-corrected chi connectivity index (χ3v) is 3.95. The van der Waals surface area contributed by atoms with Gasteiger partial charge < -0.3 is 15.0 Å². The second-order valence-electron chi connectivity index (χ2n) is 6.12. The van der Waals surface area contributed by atoms with Gasteiger partial charge in [-0.05, 0) is 43.4 Å². The molecule has 0 spiro atoms. The fourth-order valence-electron chi connectivity index (χ4n) is 2.69. The lowest BCUT2D eigenvalue weighted by Crippen LogP contribution is -2.31. The van der Waals surface area contributed by atoms with Gasteiger partial charge in [0.1, 0.15) is 17.3 Å². The summed E-state index contributed by atoms with van der Waals surface area (Å²) in [5.41, 5.74) is 0.227. The lowest BCUT2D eigenvalue weighted by Gasteiger charge is -2.19. The number of rotatable bonds is 5. The van der Waals surface area contributed by atoms with Crippen LogP contribution >= 0.6 is 0 Å². The average molecular weight is 367 g/mol. The van der Waals surface area contributed by atoms with Gasteiger partial charge in [0.2, 0.25) is 0 Å². The van der Waals surface area contributed by atoms with Gasteiger partial charge in [0.05, 0.1) is 6.04 Å². The molecule has 2 N–H and O–H groups in total. The van der Waals surface area contributed by atoms with Gasteiger partial charge in [0.15, 0.2) is 0 Å².